The number of nitrogens with zero attached hydrogens (tertiary/aromatic N) is 3. The van der Waals surface area contributed by atoms with Crippen molar-refractivity contribution >= 4 is 21.8 Å². The number of ether oxygens (including phenoxy) is 3. The van der Waals surface area contributed by atoms with Gasteiger partial charge in [-0.15, -0.1) is 0 Å². The normalized spacial score (nSPS) is 15.5. The molecule has 2 aromatic heterocycles. The smallest absolute Gasteiger partial charge is 0.230 e. The molecular formula is C24H26N4O3. The van der Waals surface area contributed by atoms with Crippen LogP contribution in [0.15, 0.2) is 42.7 Å². The predicted octanol–water partition coefficient (Wildman–Crippen LogP) is 4.69. The zero-order chi connectivity index (χ0) is 21.4. The first kappa shape index (κ1) is 19.6. The van der Waals surface area contributed by atoms with E-state index >= 15 is 0 Å². The maximum atomic E-state index is 6.29. The average Bonchev–Trinajstić information content (AvgIpc) is 3.14. The summed E-state index contributed by atoms with van der Waals surface area (Å²) >= 11 is 0. The molecule has 7 nitrogen and oxygen atoms in total. The lowest BCUT2D eigenvalue weighted by molar-refractivity contribution is 0.111. The molecule has 1 saturated heterocycles. The Labute approximate surface area is 181 Å². The van der Waals surface area contributed by atoms with Gasteiger partial charge in [0.1, 0.15) is 18.2 Å². The maximum absolute atomic E-state index is 6.29. The fraction of sp³-hybridized carbons (Fsp3) is 0.333. The highest BCUT2D eigenvalue weighted by molar-refractivity contribution is 5.87. The van der Waals surface area contributed by atoms with E-state index in [9.17, 15) is 0 Å². The summed E-state index contributed by atoms with van der Waals surface area (Å²) in [6.45, 7) is 4.10. The van der Waals surface area contributed by atoms with Crippen LogP contribution in [0.4, 0.5) is 0 Å². The van der Waals surface area contributed by atoms with E-state index in [4.69, 9.17) is 14.2 Å². The standard InChI is InChI=1S/C24H26N4O3/c1-15-10-16-11-18(4-5-20(16)27-15)31-24-19-12-22(29-3)23(13-21(19)25-14-26-24)30-17-6-8-28(2)9-7-17/h4-5,10-14,17,27H,6-9H2,1-3H3. The van der Waals surface area contributed by atoms with E-state index in [1.54, 1.807) is 7.11 Å². The first-order chi connectivity index (χ1) is 15.1. The number of aromatic amines is 1. The topological polar surface area (TPSA) is 72.5 Å². The van der Waals surface area contributed by atoms with Crippen molar-refractivity contribution in [2.75, 3.05) is 27.2 Å². The zero-order valence-corrected chi connectivity index (χ0v) is 18.0. The number of methoxy groups -OCH3 is 1. The average molecular weight is 418 g/mol. The van der Waals surface area contributed by atoms with Gasteiger partial charge in [-0.3, -0.25) is 0 Å². The number of hydrogen-bond acceptors (Lipinski definition) is 6. The van der Waals surface area contributed by atoms with Crippen LogP contribution in [0.3, 0.4) is 0 Å². The second kappa shape index (κ2) is 8.07. The van der Waals surface area contributed by atoms with Crippen molar-refractivity contribution in [2.45, 2.75) is 25.9 Å². The Bertz CT molecular complexity index is 1230. The minimum Gasteiger partial charge on any atom is -0.493 e. The molecule has 1 fully saturated rings. The Kier molecular flexibility index (Phi) is 5.11. The third kappa shape index (κ3) is 4.01. The predicted molar refractivity (Wildman–Crippen MR) is 120 cm³/mol. The third-order valence-electron chi connectivity index (χ3n) is 5.78. The number of hydrogen-bond donors (Lipinski definition) is 1. The largest absolute Gasteiger partial charge is 0.493 e. The van der Waals surface area contributed by atoms with Gasteiger partial charge in [0.05, 0.1) is 18.0 Å². The fourth-order valence-electron chi connectivity index (χ4n) is 4.09. The molecule has 31 heavy (non-hydrogen) atoms. The quantitative estimate of drug-likeness (QED) is 0.507. The van der Waals surface area contributed by atoms with Crippen LogP contribution in [0.1, 0.15) is 18.5 Å². The molecule has 1 aliphatic rings. The summed E-state index contributed by atoms with van der Waals surface area (Å²) in [6, 6.07) is 11.8. The molecule has 0 spiro atoms. The third-order valence-corrected chi connectivity index (χ3v) is 5.78. The summed E-state index contributed by atoms with van der Waals surface area (Å²) < 4.78 is 18.1. The molecule has 0 bridgehead atoms. The van der Waals surface area contributed by atoms with E-state index in [0.29, 0.717) is 17.4 Å². The van der Waals surface area contributed by atoms with Crippen molar-refractivity contribution in [1.82, 2.24) is 19.9 Å². The lowest BCUT2D eigenvalue weighted by atomic mass is 10.1. The van der Waals surface area contributed by atoms with Gasteiger partial charge in [-0.1, -0.05) is 0 Å². The lowest BCUT2D eigenvalue weighted by Crippen LogP contribution is -2.35. The van der Waals surface area contributed by atoms with E-state index in [-0.39, 0.29) is 6.10 Å². The number of fused-ring (bicyclic) bond motifs is 2. The highest BCUT2D eigenvalue weighted by Gasteiger charge is 2.21. The monoisotopic (exact) mass is 418 g/mol. The van der Waals surface area contributed by atoms with Crippen LogP contribution in [-0.4, -0.2) is 53.2 Å². The van der Waals surface area contributed by atoms with Gasteiger partial charge in [-0.05, 0) is 57.1 Å². The SMILES string of the molecule is COc1cc2c(Oc3ccc4[nH]c(C)cc4c3)ncnc2cc1OC1CCN(C)CC1. The molecule has 5 rings (SSSR count). The summed E-state index contributed by atoms with van der Waals surface area (Å²) in [4.78, 5) is 14.5. The number of likely N-dealkylation sites (tertiary alicyclic amines) is 1. The van der Waals surface area contributed by atoms with Crippen molar-refractivity contribution in [3.05, 3.63) is 48.4 Å². The number of benzene rings is 2. The second-order valence-corrected chi connectivity index (χ2v) is 8.12. The molecule has 2 aromatic carbocycles. The second-order valence-electron chi connectivity index (χ2n) is 8.12. The first-order valence-electron chi connectivity index (χ1n) is 10.5. The van der Waals surface area contributed by atoms with Gasteiger partial charge in [0.2, 0.25) is 5.88 Å². The van der Waals surface area contributed by atoms with Crippen LogP contribution in [-0.2, 0) is 0 Å². The van der Waals surface area contributed by atoms with E-state index in [1.165, 1.54) is 6.33 Å². The van der Waals surface area contributed by atoms with Gasteiger partial charge in [0.15, 0.2) is 11.5 Å². The summed E-state index contributed by atoms with van der Waals surface area (Å²) in [5, 5.41) is 1.88. The maximum Gasteiger partial charge on any atom is 0.230 e. The number of aromatic nitrogens is 3. The van der Waals surface area contributed by atoms with E-state index in [0.717, 1.165) is 59.2 Å². The molecule has 7 heteroatoms. The number of nitrogens with one attached hydrogen (secondary N) is 1. The highest BCUT2D eigenvalue weighted by atomic mass is 16.5. The number of H-pyrrole nitrogens is 1. The Morgan fingerprint density at radius 1 is 1.03 bits per heavy atom. The van der Waals surface area contributed by atoms with Gasteiger partial charge in [-0.25, -0.2) is 9.97 Å². The van der Waals surface area contributed by atoms with E-state index in [1.807, 2.05) is 37.3 Å². The fourth-order valence-corrected chi connectivity index (χ4v) is 4.09. The molecule has 160 valence electrons. The molecule has 0 radical (unpaired) electrons. The van der Waals surface area contributed by atoms with Gasteiger partial charge in [-0.2, -0.15) is 0 Å². The molecule has 1 N–H and O–H groups in total. The summed E-state index contributed by atoms with van der Waals surface area (Å²) in [6.07, 6.45) is 3.69. The van der Waals surface area contributed by atoms with Crippen LogP contribution < -0.4 is 14.2 Å². The molecule has 0 unspecified atom stereocenters. The summed E-state index contributed by atoms with van der Waals surface area (Å²) in [7, 11) is 3.79. The number of rotatable bonds is 5. The summed E-state index contributed by atoms with van der Waals surface area (Å²) in [5.74, 6) is 2.57. The minimum atomic E-state index is 0.177. The van der Waals surface area contributed by atoms with Crippen LogP contribution in [0.5, 0.6) is 23.1 Å². The van der Waals surface area contributed by atoms with Crippen molar-refractivity contribution in [3.8, 4) is 23.1 Å². The molecule has 0 saturated carbocycles. The van der Waals surface area contributed by atoms with Crippen LogP contribution in [0.25, 0.3) is 21.8 Å². The molecule has 3 heterocycles. The van der Waals surface area contributed by atoms with Crippen LogP contribution in [0, 0.1) is 6.92 Å². The minimum absolute atomic E-state index is 0.177. The zero-order valence-electron chi connectivity index (χ0n) is 18.0. The first-order valence-corrected chi connectivity index (χ1v) is 10.5. The molecule has 0 atom stereocenters. The van der Waals surface area contributed by atoms with E-state index in [2.05, 4.69) is 33.0 Å². The van der Waals surface area contributed by atoms with Crippen molar-refractivity contribution in [2.24, 2.45) is 0 Å². The van der Waals surface area contributed by atoms with Gasteiger partial charge in [0.25, 0.3) is 0 Å². The van der Waals surface area contributed by atoms with Gasteiger partial charge >= 0.3 is 0 Å². The van der Waals surface area contributed by atoms with Crippen molar-refractivity contribution in [1.29, 1.82) is 0 Å². The van der Waals surface area contributed by atoms with E-state index < -0.39 is 0 Å². The molecule has 0 amide bonds. The van der Waals surface area contributed by atoms with Crippen molar-refractivity contribution in [3.63, 3.8) is 0 Å². The Hall–Kier alpha value is -3.32. The van der Waals surface area contributed by atoms with Crippen LogP contribution in [0.2, 0.25) is 0 Å². The van der Waals surface area contributed by atoms with Gasteiger partial charge < -0.3 is 24.1 Å². The lowest BCUT2D eigenvalue weighted by Gasteiger charge is -2.29. The molecule has 0 aliphatic carbocycles. The van der Waals surface area contributed by atoms with Gasteiger partial charge in [0, 0.05) is 35.8 Å². The summed E-state index contributed by atoms with van der Waals surface area (Å²) in [5.41, 5.74) is 2.95. The Morgan fingerprint density at radius 3 is 2.68 bits per heavy atom. The highest BCUT2D eigenvalue weighted by Crippen LogP contribution is 2.37. The number of aryl methyl sites for hydroxylation is 1. The van der Waals surface area contributed by atoms with Crippen molar-refractivity contribution < 1.29 is 14.2 Å². The molecular weight excluding hydrogens is 392 g/mol. The number of piperidine rings is 1. The molecule has 4 aromatic rings. The Balaban J connectivity index is 1.46. The molecule has 1 aliphatic heterocycles. The Morgan fingerprint density at radius 2 is 1.87 bits per heavy atom. The van der Waals surface area contributed by atoms with Crippen LogP contribution >= 0.6 is 0 Å².